The fourth-order valence-electron chi connectivity index (χ4n) is 2.29. The molecular formula is C12H19F3N4S. The molecule has 2 heterocycles. The summed E-state index contributed by atoms with van der Waals surface area (Å²) >= 11 is 0.834. The zero-order valence-corrected chi connectivity index (χ0v) is 12.4. The van der Waals surface area contributed by atoms with Crippen LogP contribution in [0.2, 0.25) is 0 Å². The van der Waals surface area contributed by atoms with Crippen molar-refractivity contribution in [3.8, 4) is 0 Å². The number of nitrogens with one attached hydrogen (secondary N) is 1. The van der Waals surface area contributed by atoms with Crippen molar-refractivity contribution in [1.82, 2.24) is 14.7 Å². The van der Waals surface area contributed by atoms with Crippen LogP contribution in [-0.4, -0.2) is 35.0 Å². The van der Waals surface area contributed by atoms with Crippen molar-refractivity contribution >= 4 is 16.7 Å². The number of anilines is 1. The van der Waals surface area contributed by atoms with Gasteiger partial charge in [-0.15, -0.1) is 0 Å². The number of alkyl halides is 3. The molecule has 1 aliphatic rings. The number of hydrogen-bond acceptors (Lipinski definition) is 5. The van der Waals surface area contributed by atoms with Crippen LogP contribution in [0.25, 0.3) is 0 Å². The van der Waals surface area contributed by atoms with E-state index in [1.165, 1.54) is 0 Å². The summed E-state index contributed by atoms with van der Waals surface area (Å²) in [6, 6.07) is 0.211. The third-order valence-electron chi connectivity index (χ3n) is 3.22. The van der Waals surface area contributed by atoms with Crippen LogP contribution in [0.3, 0.4) is 0 Å². The Balaban J connectivity index is 1.98. The summed E-state index contributed by atoms with van der Waals surface area (Å²) in [6.07, 6.45) is -2.50. The van der Waals surface area contributed by atoms with Gasteiger partial charge in [0.15, 0.2) is 0 Å². The molecule has 2 rings (SSSR count). The van der Waals surface area contributed by atoms with Gasteiger partial charge in [-0.2, -0.15) is 22.5 Å². The lowest BCUT2D eigenvalue weighted by molar-refractivity contribution is -0.144. The summed E-state index contributed by atoms with van der Waals surface area (Å²) in [5, 5.41) is 3.74. The third kappa shape index (κ3) is 3.82. The Morgan fingerprint density at radius 3 is 2.80 bits per heavy atom. The fourth-order valence-corrected chi connectivity index (χ4v) is 3.07. The minimum Gasteiger partial charge on any atom is -0.343 e. The maximum absolute atomic E-state index is 12.5. The maximum atomic E-state index is 12.5. The Bertz CT molecular complexity index is 433. The third-order valence-corrected chi connectivity index (χ3v) is 3.98. The average molecular weight is 308 g/mol. The molecule has 1 saturated heterocycles. The second kappa shape index (κ2) is 6.26. The summed E-state index contributed by atoms with van der Waals surface area (Å²) in [4.78, 5) is 5.58. The lowest BCUT2D eigenvalue weighted by atomic mass is 10.2. The van der Waals surface area contributed by atoms with E-state index in [2.05, 4.69) is 28.5 Å². The molecule has 0 spiro atoms. The minimum atomic E-state index is -4.46. The van der Waals surface area contributed by atoms with Crippen LogP contribution in [0.4, 0.5) is 18.3 Å². The molecule has 1 aromatic rings. The van der Waals surface area contributed by atoms with E-state index in [0.29, 0.717) is 11.0 Å². The molecule has 8 heteroatoms. The van der Waals surface area contributed by atoms with Crippen molar-refractivity contribution in [2.24, 2.45) is 5.92 Å². The fraction of sp³-hybridized carbons (Fsp3) is 0.833. The molecule has 0 amide bonds. The van der Waals surface area contributed by atoms with Gasteiger partial charge >= 0.3 is 6.18 Å². The standard InChI is InChI=1S/C12H19F3N4S/c1-8(2)6-16-7-9-4-3-5-19(9)11-17-10(18-20-11)12(13,14)15/h8-9,16H,3-7H2,1-2H3. The zero-order chi connectivity index (χ0) is 14.8. The second-order valence-electron chi connectivity index (χ2n) is 5.44. The molecule has 1 atom stereocenters. The Morgan fingerprint density at radius 2 is 2.20 bits per heavy atom. The Morgan fingerprint density at radius 1 is 1.45 bits per heavy atom. The van der Waals surface area contributed by atoms with Gasteiger partial charge in [0.05, 0.1) is 0 Å². The normalized spacial score (nSPS) is 20.1. The van der Waals surface area contributed by atoms with Crippen molar-refractivity contribution in [3.63, 3.8) is 0 Å². The Hall–Kier alpha value is -0.890. The number of nitrogens with zero attached hydrogens (tertiary/aromatic N) is 3. The molecule has 0 radical (unpaired) electrons. The topological polar surface area (TPSA) is 41.0 Å². The van der Waals surface area contributed by atoms with Gasteiger partial charge in [0.1, 0.15) is 0 Å². The molecule has 1 aromatic heterocycles. The molecule has 0 aromatic carbocycles. The van der Waals surface area contributed by atoms with Crippen LogP contribution in [0.15, 0.2) is 0 Å². The molecule has 1 aliphatic heterocycles. The van der Waals surface area contributed by atoms with Gasteiger partial charge in [-0.3, -0.25) is 0 Å². The largest absolute Gasteiger partial charge is 0.452 e. The number of rotatable bonds is 5. The second-order valence-corrected chi connectivity index (χ2v) is 6.17. The van der Waals surface area contributed by atoms with Crippen molar-refractivity contribution in [3.05, 3.63) is 5.82 Å². The van der Waals surface area contributed by atoms with Gasteiger partial charge in [0.25, 0.3) is 0 Å². The predicted octanol–water partition coefficient (Wildman–Crippen LogP) is 2.77. The van der Waals surface area contributed by atoms with E-state index in [9.17, 15) is 13.2 Å². The lowest BCUT2D eigenvalue weighted by Gasteiger charge is -2.24. The summed E-state index contributed by atoms with van der Waals surface area (Å²) in [6.45, 7) is 6.69. The van der Waals surface area contributed by atoms with E-state index < -0.39 is 12.0 Å². The van der Waals surface area contributed by atoms with Crippen molar-refractivity contribution in [1.29, 1.82) is 0 Å². The highest BCUT2D eigenvalue weighted by atomic mass is 32.1. The van der Waals surface area contributed by atoms with Crippen molar-refractivity contribution < 1.29 is 13.2 Å². The molecular weight excluding hydrogens is 289 g/mol. The van der Waals surface area contributed by atoms with Crippen molar-refractivity contribution in [2.75, 3.05) is 24.5 Å². The van der Waals surface area contributed by atoms with Crippen LogP contribution >= 0.6 is 11.5 Å². The Kier molecular flexibility index (Phi) is 4.85. The lowest BCUT2D eigenvalue weighted by Crippen LogP contribution is -2.39. The molecule has 114 valence electrons. The predicted molar refractivity (Wildman–Crippen MR) is 73.0 cm³/mol. The van der Waals surface area contributed by atoms with E-state index in [-0.39, 0.29) is 6.04 Å². The van der Waals surface area contributed by atoms with E-state index in [1.54, 1.807) is 0 Å². The molecule has 1 N–H and O–H groups in total. The van der Waals surface area contributed by atoms with Gasteiger partial charge in [-0.05, 0) is 25.3 Å². The van der Waals surface area contributed by atoms with Crippen LogP contribution in [-0.2, 0) is 6.18 Å². The molecule has 4 nitrogen and oxygen atoms in total. The monoisotopic (exact) mass is 308 g/mol. The molecule has 0 aliphatic carbocycles. The van der Waals surface area contributed by atoms with E-state index in [1.807, 2.05) is 4.90 Å². The van der Waals surface area contributed by atoms with Gasteiger partial charge in [0.2, 0.25) is 11.0 Å². The first-order valence-corrected chi connectivity index (χ1v) is 7.53. The number of halogens is 3. The number of aromatic nitrogens is 2. The van der Waals surface area contributed by atoms with E-state index in [0.717, 1.165) is 44.0 Å². The molecule has 0 saturated carbocycles. The van der Waals surface area contributed by atoms with E-state index in [4.69, 9.17) is 0 Å². The first-order valence-electron chi connectivity index (χ1n) is 6.76. The summed E-state index contributed by atoms with van der Waals surface area (Å²) in [5.41, 5.74) is 0. The SMILES string of the molecule is CC(C)CNCC1CCCN1c1nc(C(F)(F)F)ns1. The highest BCUT2D eigenvalue weighted by Crippen LogP contribution is 2.32. The first kappa shape index (κ1) is 15.5. The zero-order valence-electron chi connectivity index (χ0n) is 11.6. The Labute approximate surface area is 120 Å². The number of hydrogen-bond donors (Lipinski definition) is 1. The van der Waals surface area contributed by atoms with Gasteiger partial charge in [0, 0.05) is 30.7 Å². The highest BCUT2D eigenvalue weighted by molar-refractivity contribution is 7.09. The smallest absolute Gasteiger partial charge is 0.343 e. The minimum absolute atomic E-state index is 0.211. The van der Waals surface area contributed by atoms with Gasteiger partial charge < -0.3 is 10.2 Å². The summed E-state index contributed by atoms with van der Waals surface area (Å²) in [7, 11) is 0. The van der Waals surface area contributed by atoms with Gasteiger partial charge in [-0.1, -0.05) is 13.8 Å². The van der Waals surface area contributed by atoms with E-state index >= 15 is 0 Å². The van der Waals surface area contributed by atoms with Crippen molar-refractivity contribution in [2.45, 2.75) is 38.9 Å². The first-order chi connectivity index (χ1) is 9.38. The maximum Gasteiger partial charge on any atom is 0.452 e. The summed E-state index contributed by atoms with van der Waals surface area (Å²) in [5.74, 6) is -0.471. The summed E-state index contributed by atoms with van der Waals surface area (Å²) < 4.78 is 41.0. The highest BCUT2D eigenvalue weighted by Gasteiger charge is 2.37. The molecule has 1 unspecified atom stereocenters. The van der Waals surface area contributed by atoms with Gasteiger partial charge in [-0.25, -0.2) is 0 Å². The molecule has 0 bridgehead atoms. The molecule has 1 fully saturated rings. The van der Waals surface area contributed by atoms with Crippen LogP contribution in [0.5, 0.6) is 0 Å². The molecule has 20 heavy (non-hydrogen) atoms. The quantitative estimate of drug-likeness (QED) is 0.908. The van der Waals surface area contributed by atoms with Crippen LogP contribution < -0.4 is 10.2 Å². The average Bonchev–Trinajstić information content (AvgIpc) is 2.93. The van der Waals surface area contributed by atoms with Crippen LogP contribution in [0.1, 0.15) is 32.5 Å². The van der Waals surface area contributed by atoms with Crippen LogP contribution in [0, 0.1) is 5.92 Å².